The minimum absolute atomic E-state index is 0.108. The van der Waals surface area contributed by atoms with E-state index in [0.717, 1.165) is 0 Å². The predicted octanol–water partition coefficient (Wildman–Crippen LogP) is -0.303. The standard InChI is InChI=1S/C12H15NO5/c13-6-10(15)7-1-3-8(4-2-7)12(18)9(14)5-11(16)17/h1-4,9,12,14,18H,5-6,13H2,(H,16,17). The number of carbonyl (C=O) groups excluding carboxylic acids is 1. The van der Waals surface area contributed by atoms with Crippen molar-refractivity contribution in [2.24, 2.45) is 5.73 Å². The van der Waals surface area contributed by atoms with E-state index in [-0.39, 0.29) is 12.3 Å². The monoisotopic (exact) mass is 253 g/mol. The van der Waals surface area contributed by atoms with Crippen LogP contribution in [0.25, 0.3) is 0 Å². The number of carboxylic acids is 1. The summed E-state index contributed by atoms with van der Waals surface area (Å²) in [5.74, 6) is -1.43. The van der Waals surface area contributed by atoms with Crippen LogP contribution in [0.15, 0.2) is 24.3 Å². The van der Waals surface area contributed by atoms with Gasteiger partial charge in [-0.3, -0.25) is 9.59 Å². The van der Waals surface area contributed by atoms with Crippen LogP contribution in [-0.4, -0.2) is 39.7 Å². The van der Waals surface area contributed by atoms with Gasteiger partial charge in [0.1, 0.15) is 6.10 Å². The van der Waals surface area contributed by atoms with E-state index in [2.05, 4.69) is 0 Å². The lowest BCUT2D eigenvalue weighted by Gasteiger charge is -2.16. The second kappa shape index (κ2) is 6.25. The fourth-order valence-electron chi connectivity index (χ4n) is 1.50. The molecule has 0 saturated heterocycles. The van der Waals surface area contributed by atoms with Crippen molar-refractivity contribution in [1.82, 2.24) is 0 Å². The van der Waals surface area contributed by atoms with Gasteiger partial charge in [-0.25, -0.2) is 0 Å². The van der Waals surface area contributed by atoms with E-state index in [4.69, 9.17) is 10.8 Å². The molecule has 0 aliphatic heterocycles. The molecule has 0 fully saturated rings. The smallest absolute Gasteiger partial charge is 0.306 e. The van der Waals surface area contributed by atoms with Gasteiger partial charge >= 0.3 is 5.97 Å². The largest absolute Gasteiger partial charge is 0.481 e. The number of carbonyl (C=O) groups is 2. The summed E-state index contributed by atoms with van der Waals surface area (Å²) in [6, 6.07) is 5.86. The quantitative estimate of drug-likeness (QED) is 0.516. The molecule has 2 atom stereocenters. The normalized spacial score (nSPS) is 13.9. The number of carboxylic acid groups (broad SMARTS) is 1. The van der Waals surface area contributed by atoms with E-state index in [0.29, 0.717) is 11.1 Å². The van der Waals surface area contributed by atoms with Crippen LogP contribution < -0.4 is 5.73 Å². The molecule has 0 aromatic heterocycles. The molecule has 0 spiro atoms. The average Bonchev–Trinajstić information content (AvgIpc) is 2.36. The van der Waals surface area contributed by atoms with Crippen molar-refractivity contribution < 1.29 is 24.9 Å². The highest BCUT2D eigenvalue weighted by Crippen LogP contribution is 2.19. The molecule has 0 radical (unpaired) electrons. The summed E-state index contributed by atoms with van der Waals surface area (Å²) >= 11 is 0. The van der Waals surface area contributed by atoms with Gasteiger partial charge in [-0.1, -0.05) is 24.3 Å². The Morgan fingerprint density at radius 3 is 2.17 bits per heavy atom. The summed E-state index contributed by atoms with van der Waals surface area (Å²) in [5, 5.41) is 27.6. The van der Waals surface area contributed by atoms with Crippen LogP contribution in [-0.2, 0) is 4.79 Å². The number of ketones is 1. The van der Waals surface area contributed by atoms with Gasteiger partial charge in [-0.2, -0.15) is 0 Å². The Morgan fingerprint density at radius 1 is 1.17 bits per heavy atom. The van der Waals surface area contributed by atoms with Gasteiger partial charge < -0.3 is 21.1 Å². The number of aliphatic carboxylic acids is 1. The van der Waals surface area contributed by atoms with Crippen molar-refractivity contribution in [1.29, 1.82) is 0 Å². The lowest BCUT2D eigenvalue weighted by atomic mass is 10.00. The molecule has 1 aromatic rings. The zero-order chi connectivity index (χ0) is 13.7. The number of aliphatic hydroxyl groups is 2. The topological polar surface area (TPSA) is 121 Å². The van der Waals surface area contributed by atoms with Gasteiger partial charge in [0.25, 0.3) is 0 Å². The van der Waals surface area contributed by atoms with Crippen LogP contribution >= 0.6 is 0 Å². The van der Waals surface area contributed by atoms with Crippen LogP contribution in [0.3, 0.4) is 0 Å². The highest BCUT2D eigenvalue weighted by atomic mass is 16.4. The zero-order valence-corrected chi connectivity index (χ0v) is 9.61. The van der Waals surface area contributed by atoms with Crippen LogP contribution in [0, 0.1) is 0 Å². The van der Waals surface area contributed by atoms with Crippen molar-refractivity contribution in [2.75, 3.05) is 6.54 Å². The van der Waals surface area contributed by atoms with Crippen LogP contribution in [0.2, 0.25) is 0 Å². The summed E-state index contributed by atoms with van der Waals surface area (Å²) in [4.78, 5) is 21.7. The number of rotatable bonds is 6. The van der Waals surface area contributed by atoms with Gasteiger partial charge in [-0.15, -0.1) is 0 Å². The SMILES string of the molecule is NCC(=O)c1ccc(C(O)C(O)CC(=O)O)cc1. The molecule has 2 unspecified atom stereocenters. The first-order valence-electron chi connectivity index (χ1n) is 5.37. The molecular formula is C12H15NO5. The van der Waals surface area contributed by atoms with E-state index in [9.17, 15) is 19.8 Å². The molecule has 98 valence electrons. The fraction of sp³-hybridized carbons (Fsp3) is 0.333. The van der Waals surface area contributed by atoms with Gasteiger partial charge in [0, 0.05) is 5.56 Å². The number of hydrogen-bond donors (Lipinski definition) is 4. The maximum absolute atomic E-state index is 11.3. The fourth-order valence-corrected chi connectivity index (χ4v) is 1.50. The molecule has 0 bridgehead atoms. The molecule has 0 aliphatic rings. The van der Waals surface area contributed by atoms with E-state index in [1.807, 2.05) is 0 Å². The third-order valence-electron chi connectivity index (χ3n) is 2.51. The van der Waals surface area contributed by atoms with E-state index >= 15 is 0 Å². The van der Waals surface area contributed by atoms with Gasteiger partial charge in [0.15, 0.2) is 5.78 Å². The van der Waals surface area contributed by atoms with Crippen molar-refractivity contribution in [3.63, 3.8) is 0 Å². The lowest BCUT2D eigenvalue weighted by molar-refractivity contribution is -0.141. The predicted molar refractivity (Wildman–Crippen MR) is 63.0 cm³/mol. The maximum Gasteiger partial charge on any atom is 0.306 e. The lowest BCUT2D eigenvalue weighted by Crippen LogP contribution is -2.22. The second-order valence-corrected chi connectivity index (χ2v) is 3.86. The van der Waals surface area contributed by atoms with E-state index in [1.165, 1.54) is 24.3 Å². The van der Waals surface area contributed by atoms with Crippen molar-refractivity contribution in [3.8, 4) is 0 Å². The minimum atomic E-state index is -1.39. The summed E-state index contributed by atoms with van der Waals surface area (Å²) < 4.78 is 0. The van der Waals surface area contributed by atoms with Crippen LogP contribution in [0.1, 0.15) is 28.4 Å². The third-order valence-corrected chi connectivity index (χ3v) is 2.51. The summed E-state index contributed by atoms with van der Waals surface area (Å²) in [5.41, 5.74) is 5.95. The third kappa shape index (κ3) is 3.63. The molecule has 0 heterocycles. The Bertz CT molecular complexity index is 429. The Labute approximate surface area is 104 Å². The van der Waals surface area contributed by atoms with Gasteiger partial charge in [0.2, 0.25) is 0 Å². The molecule has 1 aromatic carbocycles. The number of nitrogens with two attached hydrogens (primary N) is 1. The molecule has 1 rings (SSSR count). The minimum Gasteiger partial charge on any atom is -0.481 e. The van der Waals surface area contributed by atoms with Crippen LogP contribution in [0.5, 0.6) is 0 Å². The van der Waals surface area contributed by atoms with Crippen molar-refractivity contribution in [3.05, 3.63) is 35.4 Å². The summed E-state index contributed by atoms with van der Waals surface area (Å²) in [6.45, 7) is -0.108. The number of aliphatic hydroxyl groups excluding tert-OH is 2. The summed E-state index contributed by atoms with van der Waals surface area (Å²) in [6.07, 6.45) is -3.24. The Kier molecular flexibility index (Phi) is 4.96. The van der Waals surface area contributed by atoms with Crippen molar-refractivity contribution in [2.45, 2.75) is 18.6 Å². The van der Waals surface area contributed by atoms with E-state index < -0.39 is 24.6 Å². The Morgan fingerprint density at radius 2 is 1.72 bits per heavy atom. The molecule has 0 aliphatic carbocycles. The maximum atomic E-state index is 11.3. The first-order valence-corrected chi connectivity index (χ1v) is 5.37. The second-order valence-electron chi connectivity index (χ2n) is 3.86. The highest BCUT2D eigenvalue weighted by molar-refractivity contribution is 5.97. The van der Waals surface area contributed by atoms with E-state index in [1.54, 1.807) is 0 Å². The van der Waals surface area contributed by atoms with Gasteiger partial charge in [0.05, 0.1) is 19.1 Å². The summed E-state index contributed by atoms with van der Waals surface area (Å²) in [7, 11) is 0. The highest BCUT2D eigenvalue weighted by Gasteiger charge is 2.21. The molecule has 0 saturated carbocycles. The first-order chi connectivity index (χ1) is 8.45. The first kappa shape index (κ1) is 14.3. The molecule has 6 heteroatoms. The average molecular weight is 253 g/mol. The Hall–Kier alpha value is -1.76. The number of hydrogen-bond acceptors (Lipinski definition) is 5. The van der Waals surface area contributed by atoms with Gasteiger partial charge in [-0.05, 0) is 5.56 Å². The molecule has 5 N–H and O–H groups in total. The number of Topliss-reactive ketones (excluding diaryl/α,β-unsaturated/α-hetero) is 1. The number of benzene rings is 1. The van der Waals surface area contributed by atoms with Crippen LogP contribution in [0.4, 0.5) is 0 Å². The molecule has 0 amide bonds. The van der Waals surface area contributed by atoms with Crippen molar-refractivity contribution >= 4 is 11.8 Å². The molecule has 6 nitrogen and oxygen atoms in total. The molecular weight excluding hydrogens is 238 g/mol. The molecule has 18 heavy (non-hydrogen) atoms. The zero-order valence-electron chi connectivity index (χ0n) is 9.61. The Balaban J connectivity index is 2.78.